The summed E-state index contributed by atoms with van der Waals surface area (Å²) in [6, 6.07) is 0. The van der Waals surface area contributed by atoms with Crippen LogP contribution in [0.15, 0.2) is 5.11 Å². The van der Waals surface area contributed by atoms with E-state index in [1.807, 2.05) is 0 Å². The molecule has 0 bridgehead atoms. The van der Waals surface area contributed by atoms with Gasteiger partial charge in [-0.25, -0.2) is 0 Å². The maximum absolute atomic E-state index is 7.27. The van der Waals surface area contributed by atoms with Crippen LogP contribution < -0.4 is 0 Å². The van der Waals surface area contributed by atoms with Crippen LogP contribution in [0, 0.1) is 7.05 Å². The Hall–Kier alpha value is 0.102. The summed E-state index contributed by atoms with van der Waals surface area (Å²) in [5.41, 5.74) is 7.27. The van der Waals surface area contributed by atoms with Gasteiger partial charge in [-0.1, -0.05) is 0 Å². The molecule has 0 atom stereocenters. The molecule has 0 amide bonds. The molecular formula is CH2CdN3-. The van der Waals surface area contributed by atoms with Crippen LogP contribution in [0.4, 0.5) is 0 Å². The van der Waals surface area contributed by atoms with E-state index in [1.165, 1.54) is 0 Å². The van der Waals surface area contributed by atoms with E-state index in [0.29, 0.717) is 0 Å². The van der Waals surface area contributed by atoms with Gasteiger partial charge in [0.1, 0.15) is 0 Å². The van der Waals surface area contributed by atoms with Crippen LogP contribution in [-0.4, -0.2) is 0 Å². The van der Waals surface area contributed by atoms with Gasteiger partial charge in [0.05, 0.1) is 0 Å². The average Bonchev–Trinajstić information content (AvgIpc) is 1.37. The molecule has 0 radical (unpaired) electrons. The van der Waals surface area contributed by atoms with Crippen molar-refractivity contribution in [3.05, 3.63) is 17.5 Å². The van der Waals surface area contributed by atoms with E-state index in [1.54, 1.807) is 0 Å². The third kappa shape index (κ3) is 14.9. The Balaban J connectivity index is 0. The van der Waals surface area contributed by atoms with E-state index in [0.717, 1.165) is 0 Å². The zero-order valence-corrected chi connectivity index (χ0v) is 6.79. The molecular weight excluding hydrogens is 166 g/mol. The molecule has 0 heterocycles. The summed E-state index contributed by atoms with van der Waals surface area (Å²) in [4.78, 5) is 2.25. The standard InChI is InChI=1S/CH2N3.Cd/c1-3-4-2;/h1H2;/q-1;. The number of nitrogens with zero attached hydrogens (tertiary/aromatic N) is 3. The van der Waals surface area contributed by atoms with Crippen molar-refractivity contribution >= 4 is 0 Å². The summed E-state index contributed by atoms with van der Waals surface area (Å²) >= 11 is 0. The normalized spacial score (nSPS) is 3.20. The summed E-state index contributed by atoms with van der Waals surface area (Å²) in [6.07, 6.45) is 0. The molecule has 0 aliphatic carbocycles. The van der Waals surface area contributed by atoms with E-state index in [-0.39, 0.29) is 27.3 Å². The predicted molar refractivity (Wildman–Crippen MR) is 14.5 cm³/mol. The van der Waals surface area contributed by atoms with Crippen molar-refractivity contribution in [2.75, 3.05) is 0 Å². The van der Waals surface area contributed by atoms with Gasteiger partial charge in [-0.2, -0.15) is 0 Å². The van der Waals surface area contributed by atoms with Crippen molar-refractivity contribution in [1.82, 2.24) is 0 Å². The van der Waals surface area contributed by atoms with E-state index >= 15 is 0 Å². The van der Waals surface area contributed by atoms with E-state index in [2.05, 4.69) is 17.1 Å². The Morgan fingerprint density at radius 1 is 1.80 bits per heavy atom. The Morgan fingerprint density at radius 2 is 2.00 bits per heavy atom. The quantitative estimate of drug-likeness (QED) is 0.171. The van der Waals surface area contributed by atoms with Crippen molar-refractivity contribution in [3.8, 4) is 0 Å². The van der Waals surface area contributed by atoms with Crippen LogP contribution in [0.25, 0.3) is 10.4 Å². The molecule has 0 unspecified atom stereocenters. The zero-order valence-electron chi connectivity index (χ0n) is 2.76. The van der Waals surface area contributed by atoms with Gasteiger partial charge in [-0.15, -0.1) is 0 Å². The minimum absolute atomic E-state index is 0. The molecule has 0 aromatic rings. The SMILES string of the molecule is [CH2-]N=[N+]=[N-].[Cd]. The number of rotatable bonds is 0. The first-order valence-electron chi connectivity index (χ1n) is 0.716. The molecule has 0 aliphatic rings. The summed E-state index contributed by atoms with van der Waals surface area (Å²) in [5, 5.41) is 2.67. The molecule has 0 fully saturated rings. The zero-order chi connectivity index (χ0) is 3.41. The van der Waals surface area contributed by atoms with Gasteiger partial charge in [-0.05, 0) is 10.4 Å². The van der Waals surface area contributed by atoms with Crippen LogP contribution in [0.2, 0.25) is 0 Å². The smallest absolute Gasteiger partial charge is 0 e. The van der Waals surface area contributed by atoms with E-state index in [4.69, 9.17) is 5.53 Å². The molecule has 0 spiro atoms. The molecule has 0 rings (SSSR count). The van der Waals surface area contributed by atoms with Gasteiger partial charge < -0.3 is 7.05 Å². The van der Waals surface area contributed by atoms with Crippen LogP contribution in [0.1, 0.15) is 0 Å². The predicted octanol–water partition coefficient (Wildman–Crippen LogP) is 1.09. The molecule has 0 aromatic heterocycles. The maximum atomic E-state index is 7.27. The monoisotopic (exact) mass is 170 g/mol. The van der Waals surface area contributed by atoms with Crippen molar-refractivity contribution in [2.24, 2.45) is 5.11 Å². The maximum Gasteiger partial charge on any atom is 0 e. The van der Waals surface area contributed by atoms with Crippen molar-refractivity contribution < 1.29 is 27.3 Å². The second-order valence-electron chi connectivity index (χ2n) is 0.231. The third-order valence-electron chi connectivity index (χ3n) is 0.0632. The molecule has 0 saturated carbocycles. The summed E-state index contributed by atoms with van der Waals surface area (Å²) in [5.74, 6) is 0. The molecule has 0 saturated heterocycles. The van der Waals surface area contributed by atoms with Gasteiger partial charge in [0.2, 0.25) is 0 Å². The van der Waals surface area contributed by atoms with Gasteiger partial charge in [0.15, 0.2) is 0 Å². The van der Waals surface area contributed by atoms with Gasteiger partial charge in [-0.3, -0.25) is 5.11 Å². The van der Waals surface area contributed by atoms with Crippen LogP contribution in [0.5, 0.6) is 0 Å². The Labute approximate surface area is 50.2 Å². The van der Waals surface area contributed by atoms with Crippen molar-refractivity contribution in [2.45, 2.75) is 0 Å². The van der Waals surface area contributed by atoms with Gasteiger partial charge in [0.25, 0.3) is 0 Å². The molecule has 0 aromatic carbocycles. The second-order valence-corrected chi connectivity index (χ2v) is 0.231. The van der Waals surface area contributed by atoms with E-state index in [9.17, 15) is 0 Å². The fourth-order valence-corrected chi connectivity index (χ4v) is 0. The largest absolute Gasteiger partial charge is 0.331 e. The topological polar surface area (TPSA) is 48.8 Å². The van der Waals surface area contributed by atoms with Gasteiger partial charge in [0, 0.05) is 27.3 Å². The molecule has 0 N–H and O–H groups in total. The number of hydrogen-bond acceptors (Lipinski definition) is 1. The molecule has 4 heteroatoms. The first-order valence-corrected chi connectivity index (χ1v) is 0.716. The minimum Gasteiger partial charge on any atom is -0.331 e. The molecule has 5 heavy (non-hydrogen) atoms. The summed E-state index contributed by atoms with van der Waals surface area (Å²) in [7, 11) is 2.81. The van der Waals surface area contributed by atoms with Crippen molar-refractivity contribution in [3.63, 3.8) is 0 Å². The third-order valence-corrected chi connectivity index (χ3v) is 0.0632. The average molecular weight is 168 g/mol. The number of hydrogen-bond donors (Lipinski definition) is 0. The van der Waals surface area contributed by atoms with E-state index < -0.39 is 0 Å². The second kappa shape index (κ2) is 8.93. The van der Waals surface area contributed by atoms with Crippen LogP contribution in [-0.2, 0) is 27.3 Å². The molecule has 3 nitrogen and oxygen atoms in total. The Bertz CT molecular complexity index is 44.9. The van der Waals surface area contributed by atoms with Gasteiger partial charge >= 0.3 is 0 Å². The fraction of sp³-hybridized carbons (Fsp3) is 0. The Kier molecular flexibility index (Phi) is 15.9. The molecule has 0 aliphatic heterocycles. The first-order chi connectivity index (χ1) is 1.91. The summed E-state index contributed by atoms with van der Waals surface area (Å²) < 4.78 is 0. The molecule has 24 valence electrons. The Morgan fingerprint density at radius 3 is 2.00 bits per heavy atom. The van der Waals surface area contributed by atoms with Crippen LogP contribution in [0.3, 0.4) is 0 Å². The van der Waals surface area contributed by atoms with Crippen molar-refractivity contribution in [1.29, 1.82) is 0 Å². The van der Waals surface area contributed by atoms with Crippen LogP contribution >= 0.6 is 0 Å². The minimum atomic E-state index is 0. The first kappa shape index (κ1) is 8.92. The number of azide groups is 1. The summed E-state index contributed by atoms with van der Waals surface area (Å²) in [6.45, 7) is 0. The fourth-order valence-electron chi connectivity index (χ4n) is 0.